The molecule has 6 heteroatoms. The number of benzene rings is 1. The number of rotatable bonds is 3. The molecular formula is C19H21N3O2S. The van der Waals surface area contributed by atoms with E-state index in [1.54, 1.807) is 11.3 Å². The van der Waals surface area contributed by atoms with Gasteiger partial charge in [-0.15, -0.1) is 11.3 Å². The zero-order chi connectivity index (χ0) is 16.8. The highest BCUT2D eigenvalue weighted by Crippen LogP contribution is 2.44. The predicted octanol–water partition coefficient (Wildman–Crippen LogP) is 3.23. The van der Waals surface area contributed by atoms with E-state index in [2.05, 4.69) is 34.1 Å². The molecule has 0 radical (unpaired) electrons. The van der Waals surface area contributed by atoms with Crippen LogP contribution in [0.5, 0.6) is 0 Å². The SMILES string of the molecule is O=C1OC2Cc3ccccc3C2N1C1CCN(Cc2nccs2)CC1. The van der Waals surface area contributed by atoms with Gasteiger partial charge >= 0.3 is 6.09 Å². The van der Waals surface area contributed by atoms with Crippen molar-refractivity contribution in [1.82, 2.24) is 14.8 Å². The van der Waals surface area contributed by atoms with Crippen molar-refractivity contribution in [2.24, 2.45) is 0 Å². The molecule has 0 spiro atoms. The molecule has 5 rings (SSSR count). The molecule has 2 fully saturated rings. The molecule has 1 aromatic heterocycles. The van der Waals surface area contributed by atoms with Crippen LogP contribution in [-0.4, -0.2) is 46.1 Å². The molecule has 1 aromatic carbocycles. The molecule has 130 valence electrons. The Kier molecular flexibility index (Phi) is 3.75. The third kappa shape index (κ3) is 2.64. The summed E-state index contributed by atoms with van der Waals surface area (Å²) in [6.07, 6.45) is 4.61. The number of thiazole rings is 1. The van der Waals surface area contributed by atoms with E-state index in [9.17, 15) is 4.79 Å². The maximum Gasteiger partial charge on any atom is 0.411 e. The van der Waals surface area contributed by atoms with Crippen LogP contribution >= 0.6 is 11.3 Å². The Bertz CT molecular complexity index is 771. The van der Waals surface area contributed by atoms with Gasteiger partial charge in [0.1, 0.15) is 11.1 Å². The number of nitrogens with zero attached hydrogens (tertiary/aromatic N) is 3. The van der Waals surface area contributed by atoms with Crippen molar-refractivity contribution in [3.8, 4) is 0 Å². The summed E-state index contributed by atoms with van der Waals surface area (Å²) in [7, 11) is 0. The number of hydrogen-bond donors (Lipinski definition) is 0. The Morgan fingerprint density at radius 1 is 1.24 bits per heavy atom. The first-order valence-electron chi connectivity index (χ1n) is 8.97. The van der Waals surface area contributed by atoms with Crippen molar-refractivity contribution in [2.75, 3.05) is 13.1 Å². The molecular weight excluding hydrogens is 334 g/mol. The van der Waals surface area contributed by atoms with E-state index in [0.717, 1.165) is 38.9 Å². The second-order valence-electron chi connectivity index (χ2n) is 7.11. The van der Waals surface area contributed by atoms with Crippen LogP contribution in [0.1, 0.15) is 35.0 Å². The van der Waals surface area contributed by atoms with E-state index < -0.39 is 0 Å². The van der Waals surface area contributed by atoms with Crippen molar-refractivity contribution < 1.29 is 9.53 Å². The molecule has 0 saturated carbocycles. The topological polar surface area (TPSA) is 45.7 Å². The molecule has 0 N–H and O–H groups in total. The van der Waals surface area contributed by atoms with Gasteiger partial charge in [-0.1, -0.05) is 24.3 Å². The Morgan fingerprint density at radius 3 is 2.88 bits per heavy atom. The first-order chi connectivity index (χ1) is 12.3. The third-order valence-corrected chi connectivity index (χ3v) is 6.47. The normalized spacial score (nSPS) is 26.6. The maximum atomic E-state index is 12.5. The van der Waals surface area contributed by atoms with Gasteiger partial charge in [-0.25, -0.2) is 9.78 Å². The van der Waals surface area contributed by atoms with Gasteiger partial charge in [0.2, 0.25) is 0 Å². The fourth-order valence-corrected chi connectivity index (χ4v) is 5.19. The Balaban J connectivity index is 1.30. The molecule has 2 unspecified atom stereocenters. The van der Waals surface area contributed by atoms with E-state index in [1.165, 1.54) is 16.1 Å². The first-order valence-corrected chi connectivity index (χ1v) is 9.85. The minimum absolute atomic E-state index is 0.00162. The van der Waals surface area contributed by atoms with E-state index in [1.807, 2.05) is 16.5 Å². The molecule has 3 heterocycles. The van der Waals surface area contributed by atoms with Crippen LogP contribution in [-0.2, 0) is 17.7 Å². The summed E-state index contributed by atoms with van der Waals surface area (Å²) in [6, 6.07) is 8.85. The largest absolute Gasteiger partial charge is 0.443 e. The van der Waals surface area contributed by atoms with Gasteiger partial charge in [-0.05, 0) is 24.0 Å². The second-order valence-corrected chi connectivity index (χ2v) is 8.09. The number of hydrogen-bond acceptors (Lipinski definition) is 5. The maximum absolute atomic E-state index is 12.5. The van der Waals surface area contributed by atoms with Crippen LogP contribution in [0, 0.1) is 0 Å². The minimum atomic E-state index is -0.122. The summed E-state index contributed by atoms with van der Waals surface area (Å²) in [5.74, 6) is 0. The summed E-state index contributed by atoms with van der Waals surface area (Å²) < 4.78 is 5.71. The van der Waals surface area contributed by atoms with Gasteiger partial charge in [0.25, 0.3) is 0 Å². The number of aromatic nitrogens is 1. The highest BCUT2D eigenvalue weighted by Gasteiger charge is 2.50. The van der Waals surface area contributed by atoms with Gasteiger partial charge in [0.15, 0.2) is 0 Å². The average Bonchev–Trinajstić information content (AvgIpc) is 3.31. The number of amides is 1. The summed E-state index contributed by atoms with van der Waals surface area (Å²) >= 11 is 1.71. The van der Waals surface area contributed by atoms with Crippen LogP contribution in [0.3, 0.4) is 0 Å². The van der Waals surface area contributed by atoms with Gasteiger partial charge < -0.3 is 4.74 Å². The smallest absolute Gasteiger partial charge is 0.411 e. The Labute approximate surface area is 151 Å². The van der Waals surface area contributed by atoms with Crippen molar-refractivity contribution in [2.45, 2.75) is 44.0 Å². The molecule has 0 bridgehead atoms. The highest BCUT2D eigenvalue weighted by molar-refractivity contribution is 7.09. The van der Waals surface area contributed by atoms with E-state index in [-0.39, 0.29) is 24.3 Å². The molecule has 1 aliphatic carbocycles. The molecule has 2 saturated heterocycles. The number of likely N-dealkylation sites (tertiary alicyclic amines) is 1. The molecule has 2 atom stereocenters. The van der Waals surface area contributed by atoms with Crippen LogP contribution in [0.15, 0.2) is 35.8 Å². The molecule has 25 heavy (non-hydrogen) atoms. The van der Waals surface area contributed by atoms with Gasteiger partial charge in [-0.2, -0.15) is 0 Å². The predicted molar refractivity (Wildman–Crippen MR) is 95.4 cm³/mol. The van der Waals surface area contributed by atoms with Gasteiger partial charge in [-0.3, -0.25) is 9.80 Å². The zero-order valence-electron chi connectivity index (χ0n) is 14.0. The molecule has 2 aliphatic heterocycles. The van der Waals surface area contributed by atoms with E-state index in [0.29, 0.717) is 0 Å². The first kappa shape index (κ1) is 15.3. The van der Waals surface area contributed by atoms with Gasteiger partial charge in [0.05, 0.1) is 12.6 Å². The summed E-state index contributed by atoms with van der Waals surface area (Å²) in [4.78, 5) is 21.4. The number of carbonyl (C=O) groups is 1. The highest BCUT2D eigenvalue weighted by atomic mass is 32.1. The minimum Gasteiger partial charge on any atom is -0.443 e. The van der Waals surface area contributed by atoms with Crippen LogP contribution < -0.4 is 0 Å². The number of ether oxygens (including phenoxy) is 1. The Morgan fingerprint density at radius 2 is 2.08 bits per heavy atom. The molecule has 3 aliphatic rings. The van der Waals surface area contributed by atoms with Crippen LogP contribution in [0.4, 0.5) is 4.79 Å². The lowest BCUT2D eigenvalue weighted by Gasteiger charge is -2.37. The lowest BCUT2D eigenvalue weighted by atomic mass is 9.99. The lowest BCUT2D eigenvalue weighted by molar-refractivity contribution is 0.103. The summed E-state index contributed by atoms with van der Waals surface area (Å²) in [6.45, 7) is 2.93. The fraction of sp³-hybridized carbons (Fsp3) is 0.474. The number of fused-ring (bicyclic) bond motifs is 3. The molecule has 5 nitrogen and oxygen atoms in total. The van der Waals surface area contributed by atoms with Crippen molar-refractivity contribution >= 4 is 17.4 Å². The summed E-state index contributed by atoms with van der Waals surface area (Å²) in [5.41, 5.74) is 2.61. The average molecular weight is 355 g/mol. The van der Waals surface area contributed by atoms with Crippen molar-refractivity contribution in [3.63, 3.8) is 0 Å². The molecule has 2 aromatic rings. The monoisotopic (exact) mass is 355 g/mol. The Hall–Kier alpha value is -1.92. The number of carbonyl (C=O) groups excluding carboxylic acids is 1. The lowest BCUT2D eigenvalue weighted by Crippen LogP contribution is -2.46. The van der Waals surface area contributed by atoms with E-state index >= 15 is 0 Å². The van der Waals surface area contributed by atoms with Crippen molar-refractivity contribution in [1.29, 1.82) is 0 Å². The standard InChI is InChI=1S/C19H21N3O2S/c23-19-22(18-15-4-2-1-3-13(15)11-16(18)24-19)14-5-8-21(9-6-14)12-17-20-7-10-25-17/h1-4,7,10,14,16,18H,5-6,8-9,11-12H2. The molecule has 1 amide bonds. The van der Waals surface area contributed by atoms with E-state index in [4.69, 9.17) is 4.74 Å². The summed E-state index contributed by atoms with van der Waals surface area (Å²) in [5, 5.41) is 3.20. The quantitative estimate of drug-likeness (QED) is 0.848. The van der Waals surface area contributed by atoms with Crippen molar-refractivity contribution in [3.05, 3.63) is 52.0 Å². The van der Waals surface area contributed by atoms with Crippen LogP contribution in [0.2, 0.25) is 0 Å². The van der Waals surface area contributed by atoms with Gasteiger partial charge in [0, 0.05) is 37.1 Å². The third-order valence-electron chi connectivity index (χ3n) is 5.70. The second kappa shape index (κ2) is 6.11. The zero-order valence-corrected chi connectivity index (χ0v) is 14.8. The fourth-order valence-electron chi connectivity index (χ4n) is 4.53. The number of piperidine rings is 1. The van der Waals surface area contributed by atoms with Crippen LogP contribution in [0.25, 0.3) is 0 Å².